The third kappa shape index (κ3) is 4.11. The number of carbonyl (C=O) groups excluding carboxylic acids is 1. The van der Waals surface area contributed by atoms with Gasteiger partial charge in [0.15, 0.2) is 10.8 Å². The van der Waals surface area contributed by atoms with Gasteiger partial charge in [-0.05, 0) is 24.6 Å². The van der Waals surface area contributed by atoms with Gasteiger partial charge in [-0.3, -0.25) is 10.1 Å². The van der Waals surface area contributed by atoms with Gasteiger partial charge in [-0.25, -0.2) is 9.67 Å². The number of hydrogen-bond acceptors (Lipinski definition) is 5. The van der Waals surface area contributed by atoms with Crippen LogP contribution in [0.5, 0.6) is 0 Å². The van der Waals surface area contributed by atoms with Gasteiger partial charge in [-0.1, -0.05) is 59.3 Å². The monoisotopic (exact) mass is 409 g/mol. The summed E-state index contributed by atoms with van der Waals surface area (Å²) >= 11 is 7.36. The molecule has 4 rings (SSSR count). The van der Waals surface area contributed by atoms with Crippen molar-refractivity contribution in [1.29, 1.82) is 0 Å². The summed E-state index contributed by atoms with van der Waals surface area (Å²) in [5, 5.41) is 12.0. The van der Waals surface area contributed by atoms with Crippen molar-refractivity contribution in [2.45, 2.75) is 13.5 Å². The number of nitrogens with one attached hydrogen (secondary N) is 1. The third-order valence-corrected chi connectivity index (χ3v) is 5.23. The van der Waals surface area contributed by atoms with Gasteiger partial charge in [-0.15, -0.1) is 16.4 Å². The Morgan fingerprint density at radius 1 is 1.14 bits per heavy atom. The third-order valence-electron chi connectivity index (χ3n) is 4.09. The van der Waals surface area contributed by atoms with Crippen LogP contribution >= 0.6 is 22.9 Å². The maximum atomic E-state index is 12.5. The molecule has 0 aliphatic heterocycles. The van der Waals surface area contributed by atoms with Gasteiger partial charge in [0.05, 0.1) is 18.4 Å². The van der Waals surface area contributed by atoms with Gasteiger partial charge in [-0.2, -0.15) is 0 Å². The first kappa shape index (κ1) is 18.3. The molecule has 2 heterocycles. The molecule has 0 saturated heterocycles. The molecule has 0 atom stereocenters. The van der Waals surface area contributed by atoms with Crippen molar-refractivity contribution in [3.63, 3.8) is 0 Å². The minimum Gasteiger partial charge on any atom is -0.296 e. The Hall–Kier alpha value is -3.03. The Morgan fingerprint density at radius 2 is 1.89 bits per heavy atom. The molecule has 140 valence electrons. The Bertz CT molecular complexity index is 1110. The molecule has 0 radical (unpaired) electrons. The number of halogens is 1. The van der Waals surface area contributed by atoms with Crippen molar-refractivity contribution >= 4 is 34.0 Å². The highest BCUT2D eigenvalue weighted by Crippen LogP contribution is 2.31. The molecular weight excluding hydrogens is 394 g/mol. The molecule has 0 spiro atoms. The summed E-state index contributed by atoms with van der Waals surface area (Å²) in [6, 6.07) is 17.3. The molecule has 0 aliphatic carbocycles. The van der Waals surface area contributed by atoms with Gasteiger partial charge >= 0.3 is 0 Å². The molecule has 0 aliphatic rings. The minimum absolute atomic E-state index is 0.247. The molecule has 0 bridgehead atoms. The van der Waals surface area contributed by atoms with E-state index in [-0.39, 0.29) is 11.6 Å². The zero-order valence-electron chi connectivity index (χ0n) is 15.0. The van der Waals surface area contributed by atoms with Crippen LogP contribution in [0.2, 0.25) is 5.02 Å². The second kappa shape index (κ2) is 7.92. The molecule has 6 nitrogen and oxygen atoms in total. The SMILES string of the molecule is Cc1sc(NC(=O)c2cn(Cc3ccccc3)nn2)nc1-c1ccc(Cl)cc1. The largest absolute Gasteiger partial charge is 0.296 e. The van der Waals surface area contributed by atoms with E-state index in [0.29, 0.717) is 16.7 Å². The molecule has 2 aromatic heterocycles. The normalized spacial score (nSPS) is 10.8. The summed E-state index contributed by atoms with van der Waals surface area (Å²) in [4.78, 5) is 18.0. The number of nitrogens with zero attached hydrogens (tertiary/aromatic N) is 4. The first-order valence-electron chi connectivity index (χ1n) is 8.57. The Balaban J connectivity index is 1.47. The van der Waals surface area contributed by atoms with Crippen molar-refractivity contribution in [1.82, 2.24) is 20.0 Å². The van der Waals surface area contributed by atoms with Gasteiger partial charge < -0.3 is 0 Å². The van der Waals surface area contributed by atoms with Crippen molar-refractivity contribution in [3.8, 4) is 11.3 Å². The molecular formula is C20H16ClN5OS. The number of amides is 1. The maximum absolute atomic E-state index is 12.5. The fraction of sp³-hybridized carbons (Fsp3) is 0.100. The number of aryl methyl sites for hydroxylation is 1. The summed E-state index contributed by atoms with van der Waals surface area (Å²) in [7, 11) is 0. The topological polar surface area (TPSA) is 72.7 Å². The summed E-state index contributed by atoms with van der Waals surface area (Å²) in [5.41, 5.74) is 3.11. The zero-order valence-corrected chi connectivity index (χ0v) is 16.5. The van der Waals surface area contributed by atoms with E-state index < -0.39 is 0 Å². The van der Waals surface area contributed by atoms with Gasteiger partial charge in [0.2, 0.25) is 0 Å². The lowest BCUT2D eigenvalue weighted by atomic mass is 10.1. The predicted octanol–water partition coefficient (Wildman–Crippen LogP) is 4.66. The molecule has 4 aromatic rings. The first-order chi connectivity index (χ1) is 13.6. The first-order valence-corrected chi connectivity index (χ1v) is 9.77. The average Bonchev–Trinajstić information content (AvgIpc) is 3.30. The van der Waals surface area contributed by atoms with E-state index in [0.717, 1.165) is 21.7 Å². The molecule has 0 unspecified atom stereocenters. The summed E-state index contributed by atoms with van der Waals surface area (Å²) in [6.45, 7) is 2.52. The molecule has 2 aromatic carbocycles. The van der Waals surface area contributed by atoms with Crippen LogP contribution in [-0.4, -0.2) is 25.9 Å². The number of aromatic nitrogens is 4. The Kier molecular flexibility index (Phi) is 5.18. The second-order valence-electron chi connectivity index (χ2n) is 6.17. The van der Waals surface area contributed by atoms with Crippen LogP contribution in [0.1, 0.15) is 20.9 Å². The molecule has 1 N–H and O–H groups in total. The number of anilines is 1. The molecule has 0 saturated carbocycles. The van der Waals surface area contributed by atoms with E-state index in [4.69, 9.17) is 11.6 Å². The molecule has 1 amide bonds. The van der Waals surface area contributed by atoms with Gasteiger partial charge in [0.1, 0.15) is 0 Å². The number of hydrogen-bond donors (Lipinski definition) is 1. The van der Waals surface area contributed by atoms with E-state index in [1.54, 1.807) is 10.9 Å². The summed E-state index contributed by atoms with van der Waals surface area (Å²) in [6.07, 6.45) is 1.63. The standard InChI is InChI=1S/C20H16ClN5OS/c1-13-18(15-7-9-16(21)10-8-15)22-20(28-13)23-19(27)17-12-26(25-24-17)11-14-5-3-2-4-6-14/h2-10,12H,11H2,1H3,(H,22,23,27). The van der Waals surface area contributed by atoms with E-state index in [1.807, 2.05) is 61.5 Å². The minimum atomic E-state index is -0.337. The van der Waals surface area contributed by atoms with Crippen molar-refractivity contribution in [3.05, 3.63) is 82.0 Å². The smallest absolute Gasteiger partial charge is 0.279 e. The lowest BCUT2D eigenvalue weighted by Crippen LogP contribution is -2.12. The Labute approximate surface area is 170 Å². The highest BCUT2D eigenvalue weighted by Gasteiger charge is 2.15. The van der Waals surface area contributed by atoms with Gasteiger partial charge in [0.25, 0.3) is 5.91 Å². The second-order valence-corrected chi connectivity index (χ2v) is 7.81. The highest BCUT2D eigenvalue weighted by atomic mass is 35.5. The molecule has 8 heteroatoms. The van der Waals surface area contributed by atoms with E-state index >= 15 is 0 Å². The molecule has 28 heavy (non-hydrogen) atoms. The number of carbonyl (C=O) groups is 1. The number of thiazole rings is 1. The van der Waals surface area contributed by atoms with E-state index in [2.05, 4.69) is 20.6 Å². The zero-order chi connectivity index (χ0) is 19.5. The van der Waals surface area contributed by atoms with Crippen LogP contribution in [0.25, 0.3) is 11.3 Å². The van der Waals surface area contributed by atoms with Crippen molar-refractivity contribution in [2.75, 3.05) is 5.32 Å². The highest BCUT2D eigenvalue weighted by molar-refractivity contribution is 7.16. The van der Waals surface area contributed by atoms with E-state index in [1.165, 1.54) is 11.3 Å². The van der Waals surface area contributed by atoms with Gasteiger partial charge in [0, 0.05) is 15.5 Å². The summed E-state index contributed by atoms with van der Waals surface area (Å²) in [5.74, 6) is -0.337. The van der Waals surface area contributed by atoms with Crippen LogP contribution in [0.4, 0.5) is 5.13 Å². The maximum Gasteiger partial charge on any atom is 0.279 e. The van der Waals surface area contributed by atoms with Crippen LogP contribution in [0, 0.1) is 6.92 Å². The fourth-order valence-corrected chi connectivity index (χ4v) is 3.69. The van der Waals surface area contributed by atoms with Crippen molar-refractivity contribution in [2.24, 2.45) is 0 Å². The lowest BCUT2D eigenvalue weighted by molar-refractivity contribution is 0.102. The molecule has 0 fully saturated rings. The Morgan fingerprint density at radius 3 is 2.64 bits per heavy atom. The van der Waals surface area contributed by atoms with Crippen LogP contribution < -0.4 is 5.32 Å². The average molecular weight is 410 g/mol. The van der Waals surface area contributed by atoms with E-state index in [9.17, 15) is 4.79 Å². The van der Waals surface area contributed by atoms with Crippen LogP contribution in [0.15, 0.2) is 60.8 Å². The van der Waals surface area contributed by atoms with Crippen LogP contribution in [0.3, 0.4) is 0 Å². The van der Waals surface area contributed by atoms with Crippen molar-refractivity contribution < 1.29 is 4.79 Å². The summed E-state index contributed by atoms with van der Waals surface area (Å²) < 4.78 is 1.64. The number of benzene rings is 2. The lowest BCUT2D eigenvalue weighted by Gasteiger charge is -2.00. The fourth-order valence-electron chi connectivity index (χ4n) is 2.74. The predicted molar refractivity (Wildman–Crippen MR) is 111 cm³/mol. The number of rotatable bonds is 5. The quantitative estimate of drug-likeness (QED) is 0.520. The van der Waals surface area contributed by atoms with Crippen LogP contribution in [-0.2, 0) is 6.54 Å².